The molecule has 1 saturated carbocycles. The van der Waals surface area contributed by atoms with Gasteiger partial charge >= 0.3 is 5.97 Å². The number of hydrogen-bond donors (Lipinski definition) is 1. The van der Waals surface area contributed by atoms with E-state index in [4.69, 9.17) is 27.9 Å². The molecule has 5 rings (SSSR count). The fraction of sp³-hybridized carbons (Fsp3) is 0.500. The van der Waals surface area contributed by atoms with Gasteiger partial charge in [0.1, 0.15) is 6.04 Å². The predicted molar refractivity (Wildman–Crippen MR) is 147 cm³/mol. The number of imide groups is 1. The minimum atomic E-state index is -1.20. The van der Waals surface area contributed by atoms with Crippen LogP contribution in [0.2, 0.25) is 10.0 Å². The summed E-state index contributed by atoms with van der Waals surface area (Å²) in [5.74, 6) is -2.39. The third kappa shape index (κ3) is 4.35. The average Bonchev–Trinajstić information content (AvgIpc) is 3.37. The predicted octanol–water partition coefficient (Wildman–Crippen LogP) is 5.59. The van der Waals surface area contributed by atoms with Crippen LogP contribution in [0.25, 0.3) is 0 Å². The van der Waals surface area contributed by atoms with Crippen LogP contribution in [0.1, 0.15) is 57.6 Å². The number of carbonyl (C=O) groups excluding carboxylic acids is 3. The number of methoxy groups -OCH3 is 1. The van der Waals surface area contributed by atoms with Crippen LogP contribution in [0, 0.1) is 23.2 Å². The van der Waals surface area contributed by atoms with Crippen molar-refractivity contribution in [2.24, 2.45) is 23.2 Å². The number of esters is 1. The molecule has 3 atom stereocenters. The molecule has 1 aliphatic carbocycles. The second-order valence-corrected chi connectivity index (χ2v) is 12.8. The van der Waals surface area contributed by atoms with Crippen molar-refractivity contribution < 1.29 is 19.1 Å². The summed E-state index contributed by atoms with van der Waals surface area (Å²) in [6, 6.07) is 13.2. The Bertz CT molecular complexity index is 1220. The fourth-order valence-corrected chi connectivity index (χ4v) is 7.36. The van der Waals surface area contributed by atoms with Gasteiger partial charge in [-0.2, -0.15) is 0 Å². The minimum Gasteiger partial charge on any atom is -0.468 e. The van der Waals surface area contributed by atoms with Gasteiger partial charge in [0.25, 0.3) is 0 Å². The first-order chi connectivity index (χ1) is 18.0. The lowest BCUT2D eigenvalue weighted by Gasteiger charge is -2.41. The van der Waals surface area contributed by atoms with Crippen LogP contribution in [0.3, 0.4) is 0 Å². The highest BCUT2D eigenvalue weighted by Gasteiger charge is 2.68. The van der Waals surface area contributed by atoms with Crippen molar-refractivity contribution in [2.45, 2.75) is 64.1 Å². The fourth-order valence-electron chi connectivity index (χ4n) is 6.98. The van der Waals surface area contributed by atoms with Gasteiger partial charge in [-0.25, -0.2) is 0 Å². The van der Waals surface area contributed by atoms with Crippen LogP contribution in [-0.4, -0.2) is 41.9 Å². The Kier molecular flexibility index (Phi) is 7.12. The Balaban J connectivity index is 1.63. The molecule has 0 radical (unpaired) electrons. The molecular weight excluding hydrogens is 523 g/mol. The molecule has 2 heterocycles. The van der Waals surface area contributed by atoms with E-state index in [1.54, 1.807) is 36.4 Å². The summed E-state index contributed by atoms with van der Waals surface area (Å²) < 4.78 is 5.14. The normalized spacial score (nSPS) is 28.9. The van der Waals surface area contributed by atoms with E-state index >= 15 is 0 Å². The third-order valence-electron chi connectivity index (χ3n) is 8.90. The third-order valence-corrected chi connectivity index (χ3v) is 9.37. The van der Waals surface area contributed by atoms with E-state index in [9.17, 15) is 14.4 Å². The van der Waals surface area contributed by atoms with E-state index in [2.05, 4.69) is 26.1 Å². The van der Waals surface area contributed by atoms with Crippen LogP contribution < -0.4 is 5.32 Å². The van der Waals surface area contributed by atoms with Gasteiger partial charge < -0.3 is 4.74 Å². The Labute approximate surface area is 234 Å². The number of likely N-dealkylation sites (tertiary alicyclic amines) is 1. The minimum absolute atomic E-state index is 0.175. The van der Waals surface area contributed by atoms with Crippen molar-refractivity contribution in [3.63, 3.8) is 0 Å². The summed E-state index contributed by atoms with van der Waals surface area (Å²) in [5, 5.41) is 4.36. The molecule has 2 aromatic carbocycles. The lowest BCUT2D eigenvalue weighted by atomic mass is 9.71. The number of nitrogens with zero attached hydrogens (tertiary/aromatic N) is 1. The summed E-state index contributed by atoms with van der Waals surface area (Å²) in [6.45, 7) is 6.72. The van der Waals surface area contributed by atoms with Gasteiger partial charge in [0.05, 0.1) is 24.5 Å². The van der Waals surface area contributed by atoms with Gasteiger partial charge in [0.15, 0.2) is 0 Å². The van der Waals surface area contributed by atoms with Gasteiger partial charge in [-0.3, -0.25) is 24.6 Å². The second-order valence-electron chi connectivity index (χ2n) is 11.9. The largest absolute Gasteiger partial charge is 0.468 e. The second kappa shape index (κ2) is 9.96. The first-order valence-electron chi connectivity index (χ1n) is 13.2. The highest BCUT2D eigenvalue weighted by molar-refractivity contribution is 6.31. The highest BCUT2D eigenvalue weighted by atomic mass is 35.5. The molecule has 0 unspecified atom stereocenters. The van der Waals surface area contributed by atoms with Crippen LogP contribution in [-0.2, 0) is 24.7 Å². The lowest BCUT2D eigenvalue weighted by Crippen LogP contribution is -2.53. The molecule has 2 saturated heterocycles. The molecule has 3 aliphatic rings. The molecule has 2 aromatic rings. The maximum atomic E-state index is 14.4. The van der Waals surface area contributed by atoms with Crippen molar-refractivity contribution in [3.8, 4) is 0 Å². The van der Waals surface area contributed by atoms with E-state index in [0.29, 0.717) is 27.1 Å². The quantitative estimate of drug-likeness (QED) is 0.392. The molecule has 1 N–H and O–H groups in total. The number of carbonyl (C=O) groups is 3. The Hall–Kier alpha value is -2.41. The first kappa shape index (κ1) is 27.2. The Morgan fingerprint density at radius 1 is 0.947 bits per heavy atom. The average molecular weight is 558 g/mol. The van der Waals surface area contributed by atoms with Crippen molar-refractivity contribution in [2.75, 3.05) is 7.11 Å². The molecule has 38 heavy (non-hydrogen) atoms. The molecule has 8 heteroatoms. The summed E-state index contributed by atoms with van der Waals surface area (Å²) in [6.07, 6.45) is 3.42. The zero-order valence-electron chi connectivity index (χ0n) is 22.2. The lowest BCUT2D eigenvalue weighted by molar-refractivity contribution is -0.150. The molecule has 0 spiro atoms. The highest BCUT2D eigenvalue weighted by Crippen LogP contribution is 2.53. The number of hydrogen-bond acceptors (Lipinski definition) is 5. The number of rotatable bonds is 4. The van der Waals surface area contributed by atoms with Gasteiger partial charge in [0, 0.05) is 16.1 Å². The molecule has 2 aliphatic heterocycles. The maximum Gasteiger partial charge on any atom is 0.323 e. The summed E-state index contributed by atoms with van der Waals surface area (Å²) in [5.41, 5.74) is 0.347. The molecule has 3 fully saturated rings. The van der Waals surface area contributed by atoms with E-state index in [-0.39, 0.29) is 23.3 Å². The smallest absolute Gasteiger partial charge is 0.323 e. The standard InChI is InChI=1S/C30H34Cl2N2O4/c1-29(2,3)17-11-13-22(14-12-17)34-26(35)23-24(27(34)36)30(33-25(23)28(37)38-4,18-7-5-9-20(31)15-18)19-8-6-10-21(32)16-19/h5-10,15-17,22-25,33H,11-14H2,1-4H3/t17?,22?,23-,24-,25-/m1/s1. The molecular formula is C30H34Cl2N2O4. The summed E-state index contributed by atoms with van der Waals surface area (Å²) in [4.78, 5) is 43.1. The van der Waals surface area contributed by atoms with Crippen LogP contribution in [0.5, 0.6) is 0 Å². The molecule has 2 amide bonds. The van der Waals surface area contributed by atoms with Crippen LogP contribution in [0.15, 0.2) is 48.5 Å². The van der Waals surface area contributed by atoms with E-state index in [1.807, 2.05) is 12.1 Å². The van der Waals surface area contributed by atoms with Crippen LogP contribution >= 0.6 is 23.2 Å². The first-order valence-corrected chi connectivity index (χ1v) is 14.0. The molecule has 0 aromatic heterocycles. The number of amides is 2. The van der Waals surface area contributed by atoms with E-state index < -0.39 is 29.4 Å². The van der Waals surface area contributed by atoms with Gasteiger partial charge in [-0.15, -0.1) is 0 Å². The molecule has 6 nitrogen and oxygen atoms in total. The van der Waals surface area contributed by atoms with Gasteiger partial charge in [0.2, 0.25) is 11.8 Å². The Morgan fingerprint density at radius 2 is 1.50 bits per heavy atom. The van der Waals surface area contributed by atoms with Crippen LogP contribution in [0.4, 0.5) is 0 Å². The van der Waals surface area contributed by atoms with Crippen molar-refractivity contribution in [3.05, 3.63) is 69.7 Å². The van der Waals surface area contributed by atoms with E-state index in [1.165, 1.54) is 12.0 Å². The number of benzene rings is 2. The number of ether oxygens (including phenoxy) is 1. The summed E-state index contributed by atoms with van der Waals surface area (Å²) in [7, 11) is 1.30. The SMILES string of the molecule is COC(=O)[C@@H]1NC(c2cccc(Cl)c2)(c2cccc(Cl)c2)[C@H]2C(=O)N(C3CCC(C(C)(C)C)CC3)C(=O)[C@@H]12. The van der Waals surface area contributed by atoms with Crippen molar-refractivity contribution in [1.29, 1.82) is 0 Å². The molecule has 0 bridgehead atoms. The van der Waals surface area contributed by atoms with Crippen molar-refractivity contribution >= 4 is 41.0 Å². The van der Waals surface area contributed by atoms with E-state index in [0.717, 1.165) is 25.7 Å². The summed E-state index contributed by atoms with van der Waals surface area (Å²) >= 11 is 12.9. The number of fused-ring (bicyclic) bond motifs is 1. The van der Waals surface area contributed by atoms with Crippen molar-refractivity contribution in [1.82, 2.24) is 10.2 Å². The van der Waals surface area contributed by atoms with Gasteiger partial charge in [-0.1, -0.05) is 68.2 Å². The number of halogens is 2. The zero-order valence-corrected chi connectivity index (χ0v) is 23.7. The topological polar surface area (TPSA) is 75.7 Å². The van der Waals surface area contributed by atoms with Gasteiger partial charge in [-0.05, 0) is 72.4 Å². The molecule has 202 valence electrons. The monoisotopic (exact) mass is 556 g/mol. The zero-order chi connectivity index (χ0) is 27.4. The maximum absolute atomic E-state index is 14.4. The Morgan fingerprint density at radius 3 is 1.97 bits per heavy atom. The number of nitrogens with one attached hydrogen (secondary N) is 1.